The molecule has 3 atom stereocenters. The van der Waals surface area contributed by atoms with Gasteiger partial charge in [0.15, 0.2) is 0 Å². The third-order valence-corrected chi connectivity index (χ3v) is 8.39. The summed E-state index contributed by atoms with van der Waals surface area (Å²) in [5, 5.41) is 13.1. The van der Waals surface area contributed by atoms with Crippen molar-refractivity contribution in [3.05, 3.63) is 71.4 Å². The van der Waals surface area contributed by atoms with E-state index in [-0.39, 0.29) is 12.5 Å². The molecule has 0 saturated carbocycles. The standard InChI is InChI=1S/C28H34N4O5S/c1-18-15-20(22-7-5-6-8-24(22)29-18)17-37-21-11-9-19(10-12-21)26(33)30-25-16-32(38(36)28(2,3)4)14-13-23(25)27(34)31-35/h5-12,15,23,25,35H,13-14,16-17H2,1-4H3,(H,30,33)(H,31,34). The number of aryl methyl sites for hydroxylation is 1. The first-order chi connectivity index (χ1) is 18.1. The van der Waals surface area contributed by atoms with Gasteiger partial charge in [0.25, 0.3) is 5.91 Å². The summed E-state index contributed by atoms with van der Waals surface area (Å²) < 4.78 is 20.2. The van der Waals surface area contributed by atoms with Gasteiger partial charge >= 0.3 is 0 Å². The van der Waals surface area contributed by atoms with Crippen molar-refractivity contribution in [2.24, 2.45) is 5.92 Å². The number of hydrogen-bond donors (Lipinski definition) is 3. The van der Waals surface area contributed by atoms with Crippen molar-refractivity contribution in [1.29, 1.82) is 0 Å². The lowest BCUT2D eigenvalue weighted by molar-refractivity contribution is -0.135. The number of carbonyl (C=O) groups excluding carboxylic acids is 2. The fraction of sp³-hybridized carbons (Fsp3) is 0.393. The molecule has 10 heteroatoms. The minimum Gasteiger partial charge on any atom is -0.489 e. The summed E-state index contributed by atoms with van der Waals surface area (Å²) in [5.74, 6) is -0.962. The van der Waals surface area contributed by atoms with E-state index in [0.717, 1.165) is 22.2 Å². The third kappa shape index (κ3) is 6.38. The number of aromatic nitrogens is 1. The molecule has 1 aromatic heterocycles. The van der Waals surface area contributed by atoms with E-state index in [0.29, 0.717) is 30.9 Å². The second-order valence-corrected chi connectivity index (χ2v) is 12.7. The normalized spacial score (nSPS) is 19.1. The summed E-state index contributed by atoms with van der Waals surface area (Å²) >= 11 is 0. The monoisotopic (exact) mass is 538 g/mol. The van der Waals surface area contributed by atoms with Crippen LogP contribution in [0.4, 0.5) is 0 Å². The Kier molecular flexibility index (Phi) is 8.44. The van der Waals surface area contributed by atoms with Crippen LogP contribution in [-0.4, -0.2) is 54.4 Å². The van der Waals surface area contributed by atoms with Gasteiger partial charge in [-0.1, -0.05) is 18.2 Å². The number of amides is 2. The Labute approximate surface area is 225 Å². The van der Waals surface area contributed by atoms with Gasteiger partial charge in [-0.05, 0) is 70.5 Å². The topological polar surface area (TPSA) is 121 Å². The van der Waals surface area contributed by atoms with Crippen LogP contribution in [0.1, 0.15) is 48.8 Å². The smallest absolute Gasteiger partial charge is 0.251 e. The van der Waals surface area contributed by atoms with Gasteiger partial charge in [0.1, 0.15) is 12.4 Å². The molecular formula is C28H34N4O5S. The number of rotatable bonds is 7. The van der Waals surface area contributed by atoms with E-state index in [1.165, 1.54) is 0 Å². The van der Waals surface area contributed by atoms with Crippen molar-refractivity contribution in [1.82, 2.24) is 20.1 Å². The SMILES string of the molecule is Cc1cc(COc2ccc(C(=O)NC3CN(S(=O)C(C)(C)C)CCC3C(=O)NO)cc2)c2ccccc2n1. The number of carbonyl (C=O) groups is 2. The zero-order chi connectivity index (χ0) is 27.4. The molecule has 2 heterocycles. The van der Waals surface area contributed by atoms with E-state index < -0.39 is 33.6 Å². The largest absolute Gasteiger partial charge is 0.489 e. The Bertz CT molecular complexity index is 1340. The van der Waals surface area contributed by atoms with Gasteiger partial charge in [-0.2, -0.15) is 0 Å². The maximum atomic E-state index is 13.1. The highest BCUT2D eigenvalue weighted by Crippen LogP contribution is 2.25. The van der Waals surface area contributed by atoms with Gasteiger partial charge in [0.05, 0.1) is 33.2 Å². The predicted octanol–water partition coefficient (Wildman–Crippen LogP) is 3.51. The van der Waals surface area contributed by atoms with Gasteiger partial charge in [-0.15, -0.1) is 0 Å². The Morgan fingerprint density at radius 1 is 1.16 bits per heavy atom. The lowest BCUT2D eigenvalue weighted by Gasteiger charge is -2.39. The highest BCUT2D eigenvalue weighted by molar-refractivity contribution is 7.84. The molecule has 202 valence electrons. The van der Waals surface area contributed by atoms with Crippen LogP contribution in [-0.2, 0) is 22.4 Å². The molecule has 1 fully saturated rings. The van der Waals surface area contributed by atoms with Gasteiger partial charge in [0.2, 0.25) is 5.91 Å². The molecule has 2 amide bonds. The maximum absolute atomic E-state index is 13.1. The molecule has 4 rings (SSSR count). The van der Waals surface area contributed by atoms with Crippen molar-refractivity contribution in [3.63, 3.8) is 0 Å². The van der Waals surface area contributed by atoms with Gasteiger partial charge in [-0.25, -0.2) is 14.0 Å². The van der Waals surface area contributed by atoms with E-state index in [2.05, 4.69) is 10.3 Å². The Balaban J connectivity index is 1.43. The summed E-state index contributed by atoms with van der Waals surface area (Å²) in [6.07, 6.45) is 0.356. The van der Waals surface area contributed by atoms with E-state index in [4.69, 9.17) is 4.74 Å². The molecule has 0 spiro atoms. The summed E-state index contributed by atoms with van der Waals surface area (Å²) in [6, 6.07) is 16.1. The van der Waals surface area contributed by atoms with Crippen LogP contribution in [0.2, 0.25) is 0 Å². The molecule has 1 saturated heterocycles. The first kappa shape index (κ1) is 27.7. The number of hydroxylamine groups is 1. The summed E-state index contributed by atoms with van der Waals surface area (Å²) in [6.45, 7) is 8.60. The number of fused-ring (bicyclic) bond motifs is 1. The van der Waals surface area contributed by atoms with Crippen LogP contribution in [0.3, 0.4) is 0 Å². The van der Waals surface area contributed by atoms with Crippen molar-refractivity contribution in [2.75, 3.05) is 13.1 Å². The average molecular weight is 539 g/mol. The number of nitrogens with one attached hydrogen (secondary N) is 2. The van der Waals surface area contributed by atoms with Crippen LogP contribution in [0.25, 0.3) is 10.9 Å². The van der Waals surface area contributed by atoms with Crippen LogP contribution < -0.4 is 15.5 Å². The number of para-hydroxylation sites is 1. The van der Waals surface area contributed by atoms with Gasteiger partial charge in [0, 0.05) is 35.3 Å². The van der Waals surface area contributed by atoms with Gasteiger partial charge in [-0.3, -0.25) is 19.8 Å². The third-order valence-electron chi connectivity index (χ3n) is 6.54. The molecule has 0 radical (unpaired) electrons. The van der Waals surface area contributed by atoms with Crippen LogP contribution in [0, 0.1) is 12.8 Å². The molecule has 3 unspecified atom stereocenters. The molecule has 9 nitrogen and oxygen atoms in total. The van der Waals surface area contributed by atoms with Crippen molar-refractivity contribution in [2.45, 2.75) is 51.5 Å². The zero-order valence-electron chi connectivity index (χ0n) is 22.1. The van der Waals surface area contributed by atoms with Crippen molar-refractivity contribution < 1.29 is 23.7 Å². The fourth-order valence-electron chi connectivity index (χ4n) is 4.63. The Hall–Kier alpha value is -3.34. The lowest BCUT2D eigenvalue weighted by atomic mass is 9.91. The van der Waals surface area contributed by atoms with Crippen molar-refractivity contribution in [3.8, 4) is 5.75 Å². The molecule has 38 heavy (non-hydrogen) atoms. The van der Waals surface area contributed by atoms with E-state index >= 15 is 0 Å². The van der Waals surface area contributed by atoms with Crippen molar-refractivity contribution >= 4 is 33.7 Å². The summed E-state index contributed by atoms with van der Waals surface area (Å²) in [5.41, 5.74) is 4.95. The number of pyridine rings is 1. The summed E-state index contributed by atoms with van der Waals surface area (Å²) in [7, 11) is -1.30. The average Bonchev–Trinajstić information content (AvgIpc) is 2.90. The second-order valence-electron chi connectivity index (χ2n) is 10.5. The highest BCUT2D eigenvalue weighted by atomic mass is 32.2. The molecule has 3 aromatic rings. The molecule has 0 bridgehead atoms. The summed E-state index contributed by atoms with van der Waals surface area (Å²) in [4.78, 5) is 29.9. The first-order valence-electron chi connectivity index (χ1n) is 12.6. The molecule has 0 aliphatic carbocycles. The number of piperidine rings is 1. The number of benzene rings is 2. The minimum absolute atomic E-state index is 0.230. The lowest BCUT2D eigenvalue weighted by Crippen LogP contribution is -2.57. The Morgan fingerprint density at radius 2 is 1.87 bits per heavy atom. The maximum Gasteiger partial charge on any atom is 0.251 e. The molecule has 1 aliphatic rings. The van der Waals surface area contributed by atoms with Crippen LogP contribution >= 0.6 is 0 Å². The molecule has 2 aromatic carbocycles. The Morgan fingerprint density at radius 3 is 2.55 bits per heavy atom. The predicted molar refractivity (Wildman–Crippen MR) is 146 cm³/mol. The van der Waals surface area contributed by atoms with E-state index in [9.17, 15) is 19.0 Å². The second kappa shape index (κ2) is 11.6. The van der Waals surface area contributed by atoms with E-state index in [1.54, 1.807) is 34.1 Å². The number of nitrogens with zero attached hydrogens (tertiary/aromatic N) is 2. The molecule has 3 N–H and O–H groups in total. The minimum atomic E-state index is -1.30. The van der Waals surface area contributed by atoms with E-state index in [1.807, 2.05) is 58.0 Å². The molecule has 1 aliphatic heterocycles. The zero-order valence-corrected chi connectivity index (χ0v) is 22.9. The van der Waals surface area contributed by atoms with Crippen LogP contribution in [0.15, 0.2) is 54.6 Å². The van der Waals surface area contributed by atoms with Crippen LogP contribution in [0.5, 0.6) is 5.75 Å². The quantitative estimate of drug-likeness (QED) is 0.313. The fourth-order valence-corrected chi connectivity index (χ4v) is 5.97. The number of ether oxygens (including phenoxy) is 1. The highest BCUT2D eigenvalue weighted by Gasteiger charge is 2.39. The molecular weight excluding hydrogens is 504 g/mol. The number of hydrogen-bond acceptors (Lipinski definition) is 6. The van der Waals surface area contributed by atoms with Gasteiger partial charge < -0.3 is 10.1 Å². The first-order valence-corrected chi connectivity index (χ1v) is 13.7.